The summed E-state index contributed by atoms with van der Waals surface area (Å²) in [5.41, 5.74) is 3.32. The molecule has 2 N–H and O–H groups in total. The second-order valence-electron chi connectivity index (χ2n) is 5.01. The molecule has 4 heteroatoms. The number of ketones is 1. The van der Waals surface area contributed by atoms with Crippen molar-refractivity contribution in [3.05, 3.63) is 76.9 Å². The fraction of sp³-hybridized carbons (Fsp3) is 0.111. The maximum Gasteiger partial charge on any atom is 0.376 e. The third kappa shape index (κ3) is 3.82. The Labute approximate surface area is 128 Å². The average molecular weight is 296 g/mol. The number of carbonyl (C=O) groups excluding carboxylic acids is 1. The molecule has 22 heavy (non-hydrogen) atoms. The van der Waals surface area contributed by atoms with Crippen molar-refractivity contribution >= 4 is 17.5 Å². The summed E-state index contributed by atoms with van der Waals surface area (Å²) in [6.45, 7) is 1.79. The van der Waals surface area contributed by atoms with Crippen molar-refractivity contribution in [2.24, 2.45) is 0 Å². The number of aliphatic hydroxyl groups is 1. The first-order valence-corrected chi connectivity index (χ1v) is 6.79. The molecular formula is C18H16O4. The van der Waals surface area contributed by atoms with E-state index in [2.05, 4.69) is 0 Å². The standard InChI is InChI=1S/C18H16O4/c1-12-7-8-14(9-13-5-3-2-4-6-13)10-15(12)16(19)11-17(20)18(21)22/h2-8,10-11,19H,9H2,1H3,(H,21,22)/b16-11-. The second kappa shape index (κ2) is 6.72. The van der Waals surface area contributed by atoms with E-state index in [9.17, 15) is 14.7 Å². The van der Waals surface area contributed by atoms with Crippen molar-refractivity contribution in [3.8, 4) is 0 Å². The van der Waals surface area contributed by atoms with Crippen molar-refractivity contribution < 1.29 is 19.8 Å². The molecule has 0 aliphatic carbocycles. The number of hydrogen-bond acceptors (Lipinski definition) is 3. The quantitative estimate of drug-likeness (QED) is 0.505. The number of aliphatic hydroxyl groups excluding tert-OH is 1. The Morgan fingerprint density at radius 2 is 1.68 bits per heavy atom. The van der Waals surface area contributed by atoms with Crippen LogP contribution in [-0.4, -0.2) is 22.0 Å². The van der Waals surface area contributed by atoms with Gasteiger partial charge in [0.25, 0.3) is 5.78 Å². The van der Waals surface area contributed by atoms with E-state index >= 15 is 0 Å². The van der Waals surface area contributed by atoms with Gasteiger partial charge < -0.3 is 10.2 Å². The molecular weight excluding hydrogens is 280 g/mol. The van der Waals surface area contributed by atoms with Gasteiger partial charge in [-0.05, 0) is 36.1 Å². The SMILES string of the molecule is Cc1ccc(Cc2ccccc2)cc1/C(O)=C/C(=O)C(=O)O. The Hall–Kier alpha value is -2.88. The number of benzene rings is 2. The lowest BCUT2D eigenvalue weighted by molar-refractivity contribution is -0.146. The monoisotopic (exact) mass is 296 g/mol. The van der Waals surface area contributed by atoms with Crippen LogP contribution >= 0.6 is 0 Å². The number of carboxylic acid groups (broad SMARTS) is 1. The summed E-state index contributed by atoms with van der Waals surface area (Å²) in [5, 5.41) is 18.6. The van der Waals surface area contributed by atoms with E-state index in [0.717, 1.165) is 22.8 Å². The highest BCUT2D eigenvalue weighted by Crippen LogP contribution is 2.20. The number of carbonyl (C=O) groups is 2. The van der Waals surface area contributed by atoms with Gasteiger partial charge in [-0.2, -0.15) is 0 Å². The number of rotatable bonds is 5. The van der Waals surface area contributed by atoms with E-state index in [-0.39, 0.29) is 5.76 Å². The summed E-state index contributed by atoms with van der Waals surface area (Å²) in [6.07, 6.45) is 1.42. The third-order valence-corrected chi connectivity index (χ3v) is 3.31. The van der Waals surface area contributed by atoms with E-state index in [4.69, 9.17) is 5.11 Å². The summed E-state index contributed by atoms with van der Waals surface area (Å²) in [5.74, 6) is -3.07. The predicted octanol–water partition coefficient (Wildman–Crippen LogP) is 3.14. The van der Waals surface area contributed by atoms with Gasteiger partial charge in [-0.3, -0.25) is 4.79 Å². The van der Waals surface area contributed by atoms with E-state index in [1.807, 2.05) is 42.5 Å². The topological polar surface area (TPSA) is 74.6 Å². The third-order valence-electron chi connectivity index (χ3n) is 3.31. The summed E-state index contributed by atoms with van der Waals surface area (Å²) >= 11 is 0. The van der Waals surface area contributed by atoms with Gasteiger partial charge in [0.05, 0.1) is 0 Å². The molecule has 0 radical (unpaired) electrons. The normalized spacial score (nSPS) is 11.2. The molecule has 0 aromatic heterocycles. The Morgan fingerprint density at radius 1 is 1.00 bits per heavy atom. The van der Waals surface area contributed by atoms with E-state index < -0.39 is 11.8 Å². The van der Waals surface area contributed by atoms with Crippen molar-refractivity contribution in [2.45, 2.75) is 13.3 Å². The molecule has 2 aromatic rings. The molecule has 0 amide bonds. The maximum atomic E-state index is 11.2. The lowest BCUT2D eigenvalue weighted by Gasteiger charge is -2.08. The van der Waals surface area contributed by atoms with Crippen LogP contribution in [0.2, 0.25) is 0 Å². The Bertz CT molecular complexity index is 730. The van der Waals surface area contributed by atoms with Crippen LogP contribution in [0.15, 0.2) is 54.6 Å². The molecule has 2 aromatic carbocycles. The minimum absolute atomic E-state index is 0.334. The molecule has 2 rings (SSSR count). The molecule has 0 aliphatic rings. The average Bonchev–Trinajstić information content (AvgIpc) is 2.50. The van der Waals surface area contributed by atoms with Crippen LogP contribution in [0.1, 0.15) is 22.3 Å². The van der Waals surface area contributed by atoms with Crippen LogP contribution in [0.4, 0.5) is 0 Å². The number of aliphatic carboxylic acids is 1. The van der Waals surface area contributed by atoms with Gasteiger partial charge in [-0.1, -0.05) is 42.5 Å². The van der Waals surface area contributed by atoms with Crippen LogP contribution in [-0.2, 0) is 16.0 Å². The van der Waals surface area contributed by atoms with Gasteiger partial charge in [-0.15, -0.1) is 0 Å². The Kier molecular flexibility index (Phi) is 4.73. The number of carboxylic acids is 1. The zero-order valence-electron chi connectivity index (χ0n) is 12.1. The molecule has 0 unspecified atom stereocenters. The Morgan fingerprint density at radius 3 is 2.32 bits per heavy atom. The van der Waals surface area contributed by atoms with Crippen molar-refractivity contribution in [2.75, 3.05) is 0 Å². The van der Waals surface area contributed by atoms with Gasteiger partial charge in [0.1, 0.15) is 5.76 Å². The highest BCUT2D eigenvalue weighted by atomic mass is 16.4. The lowest BCUT2D eigenvalue weighted by Crippen LogP contribution is -2.09. The molecule has 0 saturated carbocycles. The van der Waals surface area contributed by atoms with Crippen molar-refractivity contribution in [1.82, 2.24) is 0 Å². The minimum atomic E-state index is -1.59. The number of hydrogen-bond donors (Lipinski definition) is 2. The van der Waals surface area contributed by atoms with Crippen LogP contribution in [0.5, 0.6) is 0 Å². The van der Waals surface area contributed by atoms with Gasteiger partial charge in [0.2, 0.25) is 0 Å². The maximum absolute atomic E-state index is 11.2. The molecule has 0 atom stereocenters. The van der Waals surface area contributed by atoms with E-state index in [0.29, 0.717) is 12.0 Å². The van der Waals surface area contributed by atoms with Gasteiger partial charge in [-0.25, -0.2) is 4.79 Å². The summed E-state index contributed by atoms with van der Waals surface area (Å²) in [6, 6.07) is 15.4. The van der Waals surface area contributed by atoms with Crippen LogP contribution < -0.4 is 0 Å². The van der Waals surface area contributed by atoms with Gasteiger partial charge >= 0.3 is 5.97 Å². The zero-order valence-corrected chi connectivity index (χ0v) is 12.1. The largest absolute Gasteiger partial charge is 0.507 e. The smallest absolute Gasteiger partial charge is 0.376 e. The first kappa shape index (κ1) is 15.5. The minimum Gasteiger partial charge on any atom is -0.507 e. The van der Waals surface area contributed by atoms with Gasteiger partial charge in [0.15, 0.2) is 0 Å². The predicted molar refractivity (Wildman–Crippen MR) is 83.7 cm³/mol. The van der Waals surface area contributed by atoms with Gasteiger partial charge in [0, 0.05) is 11.6 Å². The highest BCUT2D eigenvalue weighted by Gasteiger charge is 2.12. The first-order valence-electron chi connectivity index (χ1n) is 6.79. The molecule has 4 nitrogen and oxygen atoms in total. The zero-order chi connectivity index (χ0) is 16.1. The molecule has 0 saturated heterocycles. The number of aryl methyl sites for hydroxylation is 1. The molecule has 0 bridgehead atoms. The van der Waals surface area contributed by atoms with E-state index in [1.165, 1.54) is 0 Å². The molecule has 0 aliphatic heterocycles. The summed E-state index contributed by atoms with van der Waals surface area (Å²) < 4.78 is 0. The molecule has 0 heterocycles. The lowest BCUT2D eigenvalue weighted by atomic mass is 9.98. The summed E-state index contributed by atoms with van der Waals surface area (Å²) in [7, 11) is 0. The van der Waals surface area contributed by atoms with E-state index in [1.54, 1.807) is 13.0 Å². The van der Waals surface area contributed by atoms with Crippen molar-refractivity contribution in [1.29, 1.82) is 0 Å². The summed E-state index contributed by atoms with van der Waals surface area (Å²) in [4.78, 5) is 21.7. The molecule has 0 spiro atoms. The fourth-order valence-corrected chi connectivity index (χ4v) is 2.15. The van der Waals surface area contributed by atoms with Crippen LogP contribution in [0, 0.1) is 6.92 Å². The van der Waals surface area contributed by atoms with Crippen LogP contribution in [0.3, 0.4) is 0 Å². The van der Waals surface area contributed by atoms with Crippen molar-refractivity contribution in [3.63, 3.8) is 0 Å². The highest BCUT2D eigenvalue weighted by molar-refractivity contribution is 6.38. The molecule has 112 valence electrons. The fourth-order valence-electron chi connectivity index (χ4n) is 2.15. The van der Waals surface area contributed by atoms with Crippen LogP contribution in [0.25, 0.3) is 5.76 Å². The Balaban J connectivity index is 2.31. The molecule has 0 fully saturated rings. The second-order valence-corrected chi connectivity index (χ2v) is 5.01. The first-order chi connectivity index (χ1) is 10.5.